The van der Waals surface area contributed by atoms with Gasteiger partial charge in [-0.3, -0.25) is 0 Å². The predicted octanol–water partition coefficient (Wildman–Crippen LogP) is 4.05. The maximum absolute atomic E-state index is 9.10. The molecule has 0 bridgehead atoms. The molecule has 3 nitrogen and oxygen atoms in total. The molecule has 0 spiro atoms. The Morgan fingerprint density at radius 3 is 1.79 bits per heavy atom. The van der Waals surface area contributed by atoms with Crippen LogP contribution in [0.15, 0.2) is 78.9 Å². The van der Waals surface area contributed by atoms with Gasteiger partial charge in [-0.05, 0) is 51.3 Å². The van der Waals surface area contributed by atoms with Gasteiger partial charge in [0.15, 0.2) is 0 Å². The SMILES string of the molecule is CC(C)(O)C(C)(C)O.[B]c1ccc2c(ccc3c4ccc([B])cc4n(-c4ccccc4)c23)c1. The number of nitrogens with zero attached hydrogens (tertiary/aromatic N) is 1. The van der Waals surface area contributed by atoms with E-state index in [4.69, 9.17) is 25.9 Å². The molecule has 5 aromatic rings. The van der Waals surface area contributed by atoms with Crippen LogP contribution < -0.4 is 10.9 Å². The van der Waals surface area contributed by atoms with Crippen LogP contribution in [0.1, 0.15) is 27.7 Å². The Morgan fingerprint density at radius 1 is 0.636 bits per heavy atom. The number of aliphatic hydroxyl groups is 2. The number of para-hydroxylation sites is 1. The summed E-state index contributed by atoms with van der Waals surface area (Å²) in [4.78, 5) is 0. The van der Waals surface area contributed by atoms with E-state index in [-0.39, 0.29) is 0 Å². The van der Waals surface area contributed by atoms with E-state index < -0.39 is 11.2 Å². The van der Waals surface area contributed by atoms with Crippen molar-refractivity contribution < 1.29 is 10.2 Å². The summed E-state index contributed by atoms with van der Waals surface area (Å²) in [5, 5.41) is 23.0. The van der Waals surface area contributed by atoms with Crippen LogP contribution in [-0.2, 0) is 0 Å². The fourth-order valence-corrected chi connectivity index (χ4v) is 3.72. The predicted molar refractivity (Wildman–Crippen MR) is 142 cm³/mol. The van der Waals surface area contributed by atoms with Crippen LogP contribution in [0, 0.1) is 0 Å². The van der Waals surface area contributed by atoms with Crippen LogP contribution in [0.25, 0.3) is 38.3 Å². The molecule has 0 fully saturated rings. The molecule has 2 N–H and O–H groups in total. The summed E-state index contributed by atoms with van der Waals surface area (Å²) in [5.74, 6) is 0. The van der Waals surface area contributed by atoms with Crippen molar-refractivity contribution in [3.8, 4) is 5.69 Å². The Hall–Kier alpha value is -3.01. The maximum Gasteiger partial charge on any atom is 0.113 e. The number of hydrogen-bond donors (Lipinski definition) is 2. The second-order valence-electron chi connectivity index (χ2n) is 9.51. The quantitative estimate of drug-likeness (QED) is 0.415. The van der Waals surface area contributed by atoms with Crippen molar-refractivity contribution in [1.29, 1.82) is 0 Å². The van der Waals surface area contributed by atoms with Gasteiger partial charge in [-0.1, -0.05) is 71.6 Å². The second-order valence-corrected chi connectivity index (χ2v) is 9.51. The highest BCUT2D eigenvalue weighted by Crippen LogP contribution is 2.35. The second kappa shape index (κ2) is 8.40. The van der Waals surface area contributed by atoms with E-state index >= 15 is 0 Å². The largest absolute Gasteiger partial charge is 0.387 e. The molecular weight excluding hydrogens is 404 g/mol. The molecule has 5 heteroatoms. The van der Waals surface area contributed by atoms with E-state index in [9.17, 15) is 0 Å². The molecule has 0 saturated heterocycles. The van der Waals surface area contributed by atoms with Gasteiger partial charge in [0.1, 0.15) is 15.7 Å². The van der Waals surface area contributed by atoms with Gasteiger partial charge in [0.2, 0.25) is 0 Å². The Balaban J connectivity index is 0.000000281. The lowest BCUT2D eigenvalue weighted by atomic mass is 9.90. The first-order chi connectivity index (χ1) is 15.5. The number of fused-ring (bicyclic) bond motifs is 5. The van der Waals surface area contributed by atoms with Gasteiger partial charge in [0, 0.05) is 21.8 Å². The molecule has 162 valence electrons. The van der Waals surface area contributed by atoms with E-state index in [1.165, 1.54) is 21.7 Å². The van der Waals surface area contributed by atoms with Gasteiger partial charge in [-0.2, -0.15) is 0 Å². The molecule has 33 heavy (non-hydrogen) atoms. The van der Waals surface area contributed by atoms with Crippen LogP contribution >= 0.6 is 0 Å². The zero-order chi connectivity index (χ0) is 24.0. The van der Waals surface area contributed by atoms with Crippen molar-refractivity contribution in [3.05, 3.63) is 78.9 Å². The van der Waals surface area contributed by atoms with Crippen molar-refractivity contribution in [3.63, 3.8) is 0 Å². The topological polar surface area (TPSA) is 45.4 Å². The zero-order valence-corrected chi connectivity index (χ0v) is 19.5. The van der Waals surface area contributed by atoms with Gasteiger partial charge >= 0.3 is 0 Å². The van der Waals surface area contributed by atoms with Gasteiger partial charge < -0.3 is 14.8 Å². The number of aromatic nitrogens is 1. The lowest BCUT2D eigenvalue weighted by Gasteiger charge is -2.31. The molecule has 0 aliphatic carbocycles. The lowest BCUT2D eigenvalue weighted by molar-refractivity contribution is -0.107. The molecule has 0 aliphatic heterocycles. The van der Waals surface area contributed by atoms with Crippen LogP contribution in [0.2, 0.25) is 0 Å². The van der Waals surface area contributed by atoms with E-state index in [1.54, 1.807) is 27.7 Å². The molecule has 0 atom stereocenters. The van der Waals surface area contributed by atoms with Crippen LogP contribution in [0.3, 0.4) is 0 Å². The average molecular weight is 431 g/mol. The highest BCUT2D eigenvalue weighted by molar-refractivity contribution is 6.35. The third kappa shape index (κ3) is 4.44. The molecule has 1 heterocycles. The molecule has 4 aromatic carbocycles. The molecule has 4 radical (unpaired) electrons. The minimum atomic E-state index is -1.01. The minimum Gasteiger partial charge on any atom is -0.387 e. The summed E-state index contributed by atoms with van der Waals surface area (Å²) in [6, 6.07) is 26.9. The highest BCUT2D eigenvalue weighted by Gasteiger charge is 2.31. The van der Waals surface area contributed by atoms with Crippen LogP contribution in [0.4, 0.5) is 0 Å². The molecule has 0 unspecified atom stereocenters. The van der Waals surface area contributed by atoms with E-state index in [0.717, 1.165) is 27.5 Å². The maximum atomic E-state index is 9.10. The average Bonchev–Trinajstić information content (AvgIpc) is 3.06. The molecular formula is C28H27B2NO2. The van der Waals surface area contributed by atoms with E-state index in [2.05, 4.69) is 53.1 Å². The summed E-state index contributed by atoms with van der Waals surface area (Å²) in [5.41, 5.74) is 2.95. The van der Waals surface area contributed by atoms with Crippen molar-refractivity contribution in [2.45, 2.75) is 38.9 Å². The number of hydrogen-bond acceptors (Lipinski definition) is 2. The summed E-state index contributed by atoms with van der Waals surface area (Å²) in [6.45, 7) is 6.31. The first kappa shape index (κ1) is 23.2. The van der Waals surface area contributed by atoms with Gasteiger partial charge in [0.05, 0.1) is 22.2 Å². The number of rotatable bonds is 2. The summed E-state index contributed by atoms with van der Waals surface area (Å²) in [6.07, 6.45) is 0. The van der Waals surface area contributed by atoms with Gasteiger partial charge in [-0.15, -0.1) is 0 Å². The number of benzene rings is 4. The Kier molecular flexibility index (Phi) is 5.90. The van der Waals surface area contributed by atoms with E-state index in [0.29, 0.717) is 0 Å². The standard InChI is InChI=1S/C22H13B2N.C6H14O2/c23-15-7-10-18-14(12-15)6-9-20-19-11-8-16(24)13-21(19)25(22(18)20)17-4-2-1-3-5-17;1-5(2,7)6(3,4)8/h1-13H;7-8H,1-4H3. The molecule has 5 rings (SSSR count). The highest BCUT2D eigenvalue weighted by atomic mass is 16.3. The fraction of sp³-hybridized carbons (Fsp3) is 0.214. The third-order valence-electron chi connectivity index (χ3n) is 6.30. The Labute approximate surface area is 197 Å². The van der Waals surface area contributed by atoms with Crippen molar-refractivity contribution in [1.82, 2.24) is 4.57 Å². The van der Waals surface area contributed by atoms with Crippen LogP contribution in [0.5, 0.6) is 0 Å². The lowest BCUT2D eigenvalue weighted by Crippen LogP contribution is -2.44. The van der Waals surface area contributed by atoms with Crippen molar-refractivity contribution in [2.24, 2.45) is 0 Å². The van der Waals surface area contributed by atoms with Crippen molar-refractivity contribution in [2.75, 3.05) is 0 Å². The Morgan fingerprint density at radius 2 is 1.18 bits per heavy atom. The molecule has 0 saturated carbocycles. The van der Waals surface area contributed by atoms with Gasteiger partial charge in [-0.25, -0.2) is 0 Å². The first-order valence-electron chi connectivity index (χ1n) is 11.0. The van der Waals surface area contributed by atoms with Crippen molar-refractivity contribution >= 4 is 59.2 Å². The monoisotopic (exact) mass is 431 g/mol. The summed E-state index contributed by atoms with van der Waals surface area (Å²) >= 11 is 0. The minimum absolute atomic E-state index is 0.765. The normalized spacial score (nSPS) is 12.2. The molecule has 1 aromatic heterocycles. The smallest absolute Gasteiger partial charge is 0.113 e. The summed E-state index contributed by atoms with van der Waals surface area (Å²) in [7, 11) is 12.1. The first-order valence-corrected chi connectivity index (χ1v) is 11.0. The van der Waals surface area contributed by atoms with E-state index in [1.807, 2.05) is 30.3 Å². The molecule has 0 aliphatic rings. The fourth-order valence-electron chi connectivity index (χ4n) is 3.72. The van der Waals surface area contributed by atoms with Crippen LogP contribution in [-0.4, -0.2) is 41.7 Å². The third-order valence-corrected chi connectivity index (χ3v) is 6.30. The Bertz CT molecular complexity index is 1430. The molecule has 0 amide bonds. The van der Waals surface area contributed by atoms with Gasteiger partial charge in [0.25, 0.3) is 0 Å². The zero-order valence-electron chi connectivity index (χ0n) is 19.5. The summed E-state index contributed by atoms with van der Waals surface area (Å²) < 4.78 is 2.29.